The zero-order valence-electron chi connectivity index (χ0n) is 11.1. The number of carbonyl (C=O) groups excluding carboxylic acids is 1. The van der Waals surface area contributed by atoms with E-state index in [2.05, 4.69) is 15.6 Å². The van der Waals surface area contributed by atoms with Crippen molar-refractivity contribution >= 4 is 57.1 Å². The SMILES string of the molecule is CCOC(=O)c1csc(NC(=S)Nc2ccc(Cl)cc2)n1. The average Bonchev–Trinajstić information content (AvgIpc) is 2.90. The van der Waals surface area contributed by atoms with Gasteiger partial charge in [0.1, 0.15) is 0 Å². The molecular formula is C13H12ClN3O2S2. The highest BCUT2D eigenvalue weighted by Gasteiger charge is 2.12. The number of nitrogens with zero attached hydrogens (tertiary/aromatic N) is 1. The molecule has 0 atom stereocenters. The summed E-state index contributed by atoms with van der Waals surface area (Å²) < 4.78 is 4.87. The minimum absolute atomic E-state index is 0.263. The van der Waals surface area contributed by atoms with Gasteiger partial charge in [-0.25, -0.2) is 9.78 Å². The van der Waals surface area contributed by atoms with Crippen molar-refractivity contribution in [2.75, 3.05) is 17.2 Å². The molecule has 0 saturated heterocycles. The Bertz CT molecular complexity index is 643. The average molecular weight is 342 g/mol. The van der Waals surface area contributed by atoms with E-state index in [0.29, 0.717) is 21.9 Å². The molecule has 0 aliphatic rings. The van der Waals surface area contributed by atoms with Gasteiger partial charge in [-0.1, -0.05) is 11.6 Å². The predicted octanol–water partition coefficient (Wildman–Crippen LogP) is 3.78. The number of benzene rings is 1. The van der Waals surface area contributed by atoms with Crippen LogP contribution in [-0.4, -0.2) is 22.7 Å². The quantitative estimate of drug-likeness (QED) is 0.651. The maximum Gasteiger partial charge on any atom is 0.357 e. The first-order valence-electron chi connectivity index (χ1n) is 6.04. The molecule has 2 aromatic rings. The van der Waals surface area contributed by atoms with Gasteiger partial charge in [0.05, 0.1) is 6.61 Å². The Morgan fingerprint density at radius 2 is 2.10 bits per heavy atom. The number of esters is 1. The number of rotatable bonds is 4. The molecule has 0 fully saturated rings. The number of hydrogen-bond acceptors (Lipinski definition) is 5. The van der Waals surface area contributed by atoms with Crippen LogP contribution in [0, 0.1) is 0 Å². The Hall–Kier alpha value is -1.70. The minimum Gasteiger partial charge on any atom is -0.461 e. The van der Waals surface area contributed by atoms with Crippen LogP contribution in [0.2, 0.25) is 5.02 Å². The molecule has 2 N–H and O–H groups in total. The van der Waals surface area contributed by atoms with Gasteiger partial charge < -0.3 is 15.4 Å². The number of anilines is 2. The smallest absolute Gasteiger partial charge is 0.357 e. The lowest BCUT2D eigenvalue weighted by atomic mass is 10.3. The van der Waals surface area contributed by atoms with E-state index in [-0.39, 0.29) is 5.69 Å². The zero-order valence-corrected chi connectivity index (χ0v) is 13.4. The molecule has 5 nitrogen and oxygen atoms in total. The van der Waals surface area contributed by atoms with Gasteiger partial charge in [-0.15, -0.1) is 11.3 Å². The summed E-state index contributed by atoms with van der Waals surface area (Å²) in [6.45, 7) is 2.06. The van der Waals surface area contributed by atoms with Crippen LogP contribution in [-0.2, 0) is 4.74 Å². The van der Waals surface area contributed by atoms with Crippen molar-refractivity contribution < 1.29 is 9.53 Å². The van der Waals surface area contributed by atoms with E-state index in [1.165, 1.54) is 11.3 Å². The second-order valence-electron chi connectivity index (χ2n) is 3.84. The lowest BCUT2D eigenvalue weighted by Gasteiger charge is -2.08. The molecular weight excluding hydrogens is 330 g/mol. The molecule has 0 bridgehead atoms. The topological polar surface area (TPSA) is 63.2 Å². The van der Waals surface area contributed by atoms with Gasteiger partial charge in [0.25, 0.3) is 0 Å². The van der Waals surface area contributed by atoms with E-state index in [4.69, 9.17) is 28.6 Å². The first-order chi connectivity index (χ1) is 10.1. The number of carbonyl (C=O) groups is 1. The Labute approximate surface area is 136 Å². The molecule has 1 heterocycles. The maximum atomic E-state index is 11.5. The summed E-state index contributed by atoms with van der Waals surface area (Å²) in [6.07, 6.45) is 0. The lowest BCUT2D eigenvalue weighted by Crippen LogP contribution is -2.19. The van der Waals surface area contributed by atoms with E-state index in [9.17, 15) is 4.79 Å². The number of halogens is 1. The van der Waals surface area contributed by atoms with Crippen molar-refractivity contribution in [1.29, 1.82) is 0 Å². The fourth-order valence-electron chi connectivity index (χ4n) is 1.42. The predicted molar refractivity (Wildman–Crippen MR) is 89.4 cm³/mol. The monoisotopic (exact) mass is 341 g/mol. The van der Waals surface area contributed by atoms with Crippen molar-refractivity contribution in [3.05, 3.63) is 40.4 Å². The van der Waals surface area contributed by atoms with Crippen molar-refractivity contribution in [2.24, 2.45) is 0 Å². The van der Waals surface area contributed by atoms with Crippen LogP contribution in [0.1, 0.15) is 17.4 Å². The van der Waals surface area contributed by atoms with Gasteiger partial charge in [0.2, 0.25) is 0 Å². The van der Waals surface area contributed by atoms with Gasteiger partial charge in [0, 0.05) is 16.1 Å². The van der Waals surface area contributed by atoms with Gasteiger partial charge >= 0.3 is 5.97 Å². The maximum absolute atomic E-state index is 11.5. The Morgan fingerprint density at radius 1 is 1.38 bits per heavy atom. The van der Waals surface area contributed by atoms with Crippen molar-refractivity contribution in [3.8, 4) is 0 Å². The molecule has 8 heteroatoms. The minimum atomic E-state index is -0.446. The summed E-state index contributed by atoms with van der Waals surface area (Å²) in [5.41, 5.74) is 1.07. The number of ether oxygens (including phenoxy) is 1. The van der Waals surface area contributed by atoms with E-state index in [0.717, 1.165) is 5.69 Å². The van der Waals surface area contributed by atoms with Crippen LogP contribution in [0.25, 0.3) is 0 Å². The first-order valence-corrected chi connectivity index (χ1v) is 7.71. The van der Waals surface area contributed by atoms with Gasteiger partial charge in [-0.05, 0) is 43.4 Å². The third-order valence-corrected chi connectivity index (χ3v) is 3.53. The van der Waals surface area contributed by atoms with Crippen LogP contribution in [0.3, 0.4) is 0 Å². The molecule has 0 aliphatic heterocycles. The second kappa shape index (κ2) is 7.35. The third kappa shape index (κ3) is 4.66. The standard InChI is InChI=1S/C13H12ClN3O2S2/c1-2-19-11(18)10-7-21-13(16-10)17-12(20)15-9-5-3-8(14)4-6-9/h3-7H,2H2,1H3,(H2,15,16,17,20). The highest BCUT2D eigenvalue weighted by molar-refractivity contribution is 7.80. The summed E-state index contributed by atoms with van der Waals surface area (Å²) in [7, 11) is 0. The van der Waals surface area contributed by atoms with E-state index < -0.39 is 5.97 Å². The molecule has 1 aromatic heterocycles. The number of thiocarbonyl (C=S) groups is 1. The zero-order chi connectivity index (χ0) is 15.2. The van der Waals surface area contributed by atoms with Crippen LogP contribution in [0.4, 0.5) is 10.8 Å². The normalized spacial score (nSPS) is 10.0. The Balaban J connectivity index is 1.93. The van der Waals surface area contributed by atoms with Crippen molar-refractivity contribution in [2.45, 2.75) is 6.92 Å². The molecule has 0 unspecified atom stereocenters. The summed E-state index contributed by atoms with van der Waals surface area (Å²) in [4.78, 5) is 15.6. The summed E-state index contributed by atoms with van der Waals surface area (Å²) in [5, 5.41) is 9.07. The largest absolute Gasteiger partial charge is 0.461 e. The van der Waals surface area contributed by atoms with Crippen molar-refractivity contribution in [3.63, 3.8) is 0 Å². The molecule has 0 aliphatic carbocycles. The highest BCUT2D eigenvalue weighted by atomic mass is 35.5. The van der Waals surface area contributed by atoms with E-state index in [1.807, 2.05) is 12.1 Å². The fraction of sp³-hybridized carbons (Fsp3) is 0.154. The number of thiazole rings is 1. The lowest BCUT2D eigenvalue weighted by molar-refractivity contribution is 0.0520. The molecule has 0 radical (unpaired) electrons. The first kappa shape index (κ1) is 15.7. The van der Waals surface area contributed by atoms with Gasteiger partial charge in [0.15, 0.2) is 15.9 Å². The number of nitrogens with one attached hydrogen (secondary N) is 2. The summed E-state index contributed by atoms with van der Waals surface area (Å²) in [6, 6.07) is 7.13. The second-order valence-corrected chi connectivity index (χ2v) is 5.55. The van der Waals surface area contributed by atoms with E-state index >= 15 is 0 Å². The van der Waals surface area contributed by atoms with Gasteiger partial charge in [-0.2, -0.15) is 0 Å². The van der Waals surface area contributed by atoms with Crippen LogP contribution in [0.5, 0.6) is 0 Å². The van der Waals surface area contributed by atoms with Crippen molar-refractivity contribution in [1.82, 2.24) is 4.98 Å². The number of hydrogen-bond donors (Lipinski definition) is 2. The Kier molecular flexibility index (Phi) is 5.49. The fourth-order valence-corrected chi connectivity index (χ4v) is 2.51. The summed E-state index contributed by atoms with van der Waals surface area (Å²) >= 11 is 12.3. The van der Waals surface area contributed by atoms with Crippen LogP contribution >= 0.6 is 35.2 Å². The van der Waals surface area contributed by atoms with E-state index in [1.54, 1.807) is 24.4 Å². The molecule has 1 aromatic carbocycles. The summed E-state index contributed by atoms with van der Waals surface area (Å²) in [5.74, 6) is -0.446. The Morgan fingerprint density at radius 3 is 2.76 bits per heavy atom. The molecule has 0 spiro atoms. The molecule has 2 rings (SSSR count). The molecule has 0 saturated carbocycles. The van der Waals surface area contributed by atoms with Crippen LogP contribution in [0.15, 0.2) is 29.6 Å². The highest BCUT2D eigenvalue weighted by Crippen LogP contribution is 2.17. The third-order valence-electron chi connectivity index (χ3n) is 2.31. The van der Waals surface area contributed by atoms with Gasteiger partial charge in [-0.3, -0.25) is 0 Å². The number of aromatic nitrogens is 1. The molecule has 21 heavy (non-hydrogen) atoms. The van der Waals surface area contributed by atoms with Crippen LogP contribution < -0.4 is 10.6 Å². The molecule has 0 amide bonds. The molecule has 110 valence electrons.